The number of halogens is 1. The number of benzene rings is 4. The highest BCUT2D eigenvalue weighted by Crippen LogP contribution is 2.48. The first kappa shape index (κ1) is 33.4. The molecule has 0 unspecified atom stereocenters. The lowest BCUT2D eigenvalue weighted by molar-refractivity contribution is -0.117. The first-order valence-corrected chi connectivity index (χ1v) is 19.0. The topological polar surface area (TPSA) is 48.0 Å². The average molecular weight is 640 g/mol. The van der Waals surface area contributed by atoms with Crippen molar-refractivity contribution in [1.82, 2.24) is 0 Å². The van der Waals surface area contributed by atoms with Crippen LogP contribution in [0.25, 0.3) is 0 Å². The highest BCUT2D eigenvalue weighted by atomic mass is 28.4. The maximum Gasteiger partial charge on any atom is 0.227 e. The van der Waals surface area contributed by atoms with Crippen molar-refractivity contribution in [3.63, 3.8) is 0 Å². The van der Waals surface area contributed by atoms with Gasteiger partial charge in [0.2, 0.25) is 5.91 Å². The van der Waals surface area contributed by atoms with Gasteiger partial charge < -0.3 is 18.8 Å². The van der Waals surface area contributed by atoms with Gasteiger partial charge in [0, 0.05) is 23.7 Å². The summed E-state index contributed by atoms with van der Waals surface area (Å²) >= 11 is 0. The van der Waals surface area contributed by atoms with E-state index in [0.717, 1.165) is 28.8 Å². The van der Waals surface area contributed by atoms with Gasteiger partial charge in [-0.25, -0.2) is 4.39 Å². The van der Waals surface area contributed by atoms with Gasteiger partial charge in [-0.2, -0.15) is 0 Å². The molecule has 5 rings (SSSR count). The molecule has 1 amide bonds. The molecule has 0 bridgehead atoms. The molecule has 4 aromatic carbocycles. The number of carbonyl (C=O) groups is 1. The molecule has 46 heavy (non-hydrogen) atoms. The molecular weight excluding hydrogens is 594 g/mol. The molecule has 0 N–H and O–H groups in total. The van der Waals surface area contributed by atoms with Crippen LogP contribution in [0.15, 0.2) is 103 Å². The first-order valence-electron chi connectivity index (χ1n) is 16.1. The van der Waals surface area contributed by atoms with Crippen LogP contribution in [0.3, 0.4) is 0 Å². The molecule has 0 saturated carbocycles. The number of hydrogen-bond donors (Lipinski definition) is 0. The summed E-state index contributed by atoms with van der Waals surface area (Å²) in [6.07, 6.45) is 1.62. The lowest BCUT2D eigenvalue weighted by atomic mass is 9.87. The third-order valence-electron chi connectivity index (χ3n) is 9.53. The van der Waals surface area contributed by atoms with Gasteiger partial charge in [-0.3, -0.25) is 4.79 Å². The number of nitrogens with zero attached hydrogens (tertiary/aromatic N) is 1. The monoisotopic (exact) mass is 639 g/mol. The summed E-state index contributed by atoms with van der Waals surface area (Å²) in [5.74, 6) is 1.19. The van der Waals surface area contributed by atoms with Crippen LogP contribution in [0, 0.1) is 11.7 Å². The number of ether oxygens (including phenoxy) is 2. The molecule has 5 nitrogen and oxygen atoms in total. The minimum atomic E-state index is -2.17. The smallest absolute Gasteiger partial charge is 0.227 e. The lowest BCUT2D eigenvalue weighted by Crippen LogP contribution is -2.42. The predicted molar refractivity (Wildman–Crippen MR) is 185 cm³/mol. The van der Waals surface area contributed by atoms with E-state index in [9.17, 15) is 9.18 Å². The first-order chi connectivity index (χ1) is 22.0. The summed E-state index contributed by atoms with van der Waals surface area (Å²) in [4.78, 5) is 15.8. The number of methoxy groups -OCH3 is 1. The number of rotatable bonds is 12. The van der Waals surface area contributed by atoms with Crippen molar-refractivity contribution < 1.29 is 23.1 Å². The fourth-order valence-electron chi connectivity index (χ4n) is 5.96. The Balaban J connectivity index is 1.51. The van der Waals surface area contributed by atoms with Crippen LogP contribution in [-0.2, 0) is 15.8 Å². The molecule has 0 aliphatic carbocycles. The van der Waals surface area contributed by atoms with Gasteiger partial charge in [0.15, 0.2) is 8.32 Å². The molecule has 1 aliphatic heterocycles. The third-order valence-corrected chi connectivity index (χ3v) is 14.0. The van der Waals surface area contributed by atoms with E-state index < -0.39 is 8.32 Å². The highest BCUT2D eigenvalue weighted by molar-refractivity contribution is 6.74. The van der Waals surface area contributed by atoms with Gasteiger partial charge in [0.05, 0.1) is 19.3 Å². The predicted octanol–water partition coefficient (Wildman–Crippen LogP) is 10.1. The molecule has 1 saturated heterocycles. The Kier molecular flexibility index (Phi) is 10.3. The van der Waals surface area contributed by atoms with Crippen molar-refractivity contribution in [2.24, 2.45) is 5.92 Å². The molecule has 4 aromatic rings. The van der Waals surface area contributed by atoms with E-state index in [1.54, 1.807) is 7.11 Å². The van der Waals surface area contributed by atoms with E-state index in [2.05, 4.69) is 33.9 Å². The van der Waals surface area contributed by atoms with E-state index in [-0.39, 0.29) is 34.8 Å². The summed E-state index contributed by atoms with van der Waals surface area (Å²) in [5.41, 5.74) is 3.82. The number of amides is 1. The second-order valence-electron chi connectivity index (χ2n) is 13.7. The minimum absolute atomic E-state index is 0.00820. The molecule has 0 aromatic heterocycles. The number of para-hydroxylation sites is 1. The highest BCUT2D eigenvalue weighted by Gasteiger charge is 2.44. The SMILES string of the molecule is COc1ccc([C@@H]2[C@H](CC[C@H](O[Si](C)(C)C(C)(C)C)c3ccc(F)cc3)CC(=O)N2c2ccccc2)c(OCc2ccccc2)c1. The van der Waals surface area contributed by atoms with E-state index in [1.165, 1.54) is 12.1 Å². The summed E-state index contributed by atoms with van der Waals surface area (Å²) in [5, 5.41) is 0.00926. The standard InChI is InChI=1S/C39H46FNO4Si/c1-39(2,3)46(5,6)45-35(29-17-20-31(40)21-18-29)24-19-30-25-37(42)41(32-15-11-8-12-16-32)38(30)34-23-22-33(43-4)26-36(34)44-27-28-13-9-7-10-14-28/h7-18,20-23,26,30,35,38H,19,24-25,27H2,1-6H3/t30-,35+,38+/m1/s1. The Morgan fingerprint density at radius 2 is 1.57 bits per heavy atom. The van der Waals surface area contributed by atoms with Crippen LogP contribution in [0.2, 0.25) is 18.1 Å². The van der Waals surface area contributed by atoms with Crippen LogP contribution in [-0.4, -0.2) is 21.3 Å². The Morgan fingerprint density at radius 1 is 0.913 bits per heavy atom. The maximum atomic E-state index is 14.0. The van der Waals surface area contributed by atoms with Crippen molar-refractivity contribution in [1.29, 1.82) is 0 Å². The van der Waals surface area contributed by atoms with Crippen LogP contribution in [0.4, 0.5) is 10.1 Å². The summed E-state index contributed by atoms with van der Waals surface area (Å²) in [6, 6.07) is 32.2. The zero-order chi connectivity index (χ0) is 32.9. The number of carbonyl (C=O) groups excluding carboxylic acids is 1. The van der Waals surface area contributed by atoms with Crippen LogP contribution < -0.4 is 14.4 Å². The van der Waals surface area contributed by atoms with Gasteiger partial charge in [0.1, 0.15) is 23.9 Å². The average Bonchev–Trinajstić information content (AvgIpc) is 3.37. The molecule has 0 spiro atoms. The quantitative estimate of drug-likeness (QED) is 0.145. The van der Waals surface area contributed by atoms with Crippen molar-refractivity contribution >= 4 is 19.9 Å². The summed E-state index contributed by atoms with van der Waals surface area (Å²) in [6.45, 7) is 11.6. The lowest BCUT2D eigenvalue weighted by Gasteiger charge is -2.40. The summed E-state index contributed by atoms with van der Waals surface area (Å²) in [7, 11) is -0.524. The van der Waals surface area contributed by atoms with Crippen LogP contribution in [0.5, 0.6) is 11.5 Å². The Hall–Kier alpha value is -3.94. The molecule has 3 atom stereocenters. The van der Waals surface area contributed by atoms with Gasteiger partial charge in [-0.05, 0) is 84.4 Å². The van der Waals surface area contributed by atoms with Gasteiger partial charge in [0.25, 0.3) is 0 Å². The Morgan fingerprint density at radius 3 is 2.20 bits per heavy atom. The van der Waals surface area contributed by atoms with Crippen molar-refractivity contribution in [3.8, 4) is 11.5 Å². The van der Waals surface area contributed by atoms with Gasteiger partial charge >= 0.3 is 0 Å². The fourth-order valence-corrected chi connectivity index (χ4v) is 7.28. The number of anilines is 1. The van der Waals surface area contributed by atoms with E-state index in [4.69, 9.17) is 13.9 Å². The van der Waals surface area contributed by atoms with Crippen LogP contribution in [0.1, 0.15) is 68.9 Å². The molecule has 242 valence electrons. The molecular formula is C39H46FNO4Si. The van der Waals surface area contributed by atoms with Crippen molar-refractivity contribution in [2.75, 3.05) is 12.0 Å². The normalized spacial score (nSPS) is 17.6. The van der Waals surface area contributed by atoms with Crippen LogP contribution >= 0.6 is 0 Å². The van der Waals surface area contributed by atoms with E-state index >= 15 is 0 Å². The molecule has 1 heterocycles. The van der Waals surface area contributed by atoms with Gasteiger partial charge in [-0.15, -0.1) is 0 Å². The molecule has 0 radical (unpaired) electrons. The van der Waals surface area contributed by atoms with Crippen molar-refractivity contribution in [2.45, 2.75) is 76.9 Å². The molecule has 7 heteroatoms. The van der Waals surface area contributed by atoms with Gasteiger partial charge in [-0.1, -0.05) is 81.4 Å². The fraction of sp³-hybridized carbons (Fsp3) is 0.359. The minimum Gasteiger partial charge on any atom is -0.497 e. The van der Waals surface area contributed by atoms with E-state index in [1.807, 2.05) is 95.9 Å². The zero-order valence-corrected chi connectivity index (χ0v) is 28.8. The Labute approximate surface area is 274 Å². The zero-order valence-electron chi connectivity index (χ0n) is 27.8. The maximum absolute atomic E-state index is 14.0. The van der Waals surface area contributed by atoms with E-state index in [0.29, 0.717) is 30.9 Å². The second kappa shape index (κ2) is 14.2. The number of hydrogen-bond acceptors (Lipinski definition) is 4. The largest absolute Gasteiger partial charge is 0.497 e. The van der Waals surface area contributed by atoms with Crippen molar-refractivity contribution in [3.05, 3.63) is 126 Å². The third kappa shape index (κ3) is 7.70. The second-order valence-corrected chi connectivity index (χ2v) is 18.4. The molecule has 1 fully saturated rings. The Bertz CT molecular complexity index is 1590. The molecule has 1 aliphatic rings. The summed E-state index contributed by atoms with van der Waals surface area (Å²) < 4.78 is 33.0.